The average molecular weight is 607 g/mol. The molecule has 0 bridgehead atoms. The van der Waals surface area contributed by atoms with Crippen molar-refractivity contribution >= 4 is 43.8 Å². The Bertz CT molecular complexity index is 1740. The van der Waals surface area contributed by atoms with Crippen molar-refractivity contribution < 1.29 is 22.3 Å². The smallest absolute Gasteiger partial charge is 0.258 e. The Balaban J connectivity index is 1.30. The molecule has 0 unspecified atom stereocenters. The van der Waals surface area contributed by atoms with Gasteiger partial charge >= 0.3 is 0 Å². The van der Waals surface area contributed by atoms with Gasteiger partial charge in [0.25, 0.3) is 5.91 Å². The molecule has 1 aromatic heterocycles. The number of anilines is 3. The number of likely N-dealkylation sites (N-methyl/N-ethyl adjacent to an activating group) is 1. The number of nitrogens with one attached hydrogen (secondary N) is 3. The number of hydrogen-bond donors (Lipinski definition) is 3. The van der Waals surface area contributed by atoms with Crippen LogP contribution in [0.2, 0.25) is 0 Å². The highest BCUT2D eigenvalue weighted by atomic mass is 32.2. The predicted octanol–water partition coefficient (Wildman–Crippen LogP) is 4.52. The molecule has 3 N–H and O–H groups in total. The Morgan fingerprint density at radius 1 is 1.00 bits per heavy atom. The standard InChI is InChI=1S/C31H35FN6O4S/c1-37-12-3-13-38(15-14-37)23-6-8-26(29(19-23)33-22-10-16-42-17-11-22)31(39)34-30-27-20-25(7-9-28(27)35-36-30)43(40,41)24-5-2-4-21(32)18-24/h2,4-9,18-20,22,33H,3,10-17H2,1H3,(H2,34,35,36,39). The zero-order valence-corrected chi connectivity index (χ0v) is 24.8. The normalized spacial score (nSPS) is 17.1. The number of H-pyrrole nitrogens is 1. The van der Waals surface area contributed by atoms with Crippen molar-refractivity contribution in [3.05, 3.63) is 72.0 Å². The van der Waals surface area contributed by atoms with Crippen molar-refractivity contribution in [2.24, 2.45) is 0 Å². The molecule has 2 fully saturated rings. The molecule has 3 heterocycles. The zero-order valence-electron chi connectivity index (χ0n) is 24.0. The number of fused-ring (bicyclic) bond motifs is 1. The number of nitrogens with zero attached hydrogens (tertiary/aromatic N) is 3. The number of halogens is 1. The summed E-state index contributed by atoms with van der Waals surface area (Å²) in [6.07, 6.45) is 2.74. The Morgan fingerprint density at radius 2 is 1.81 bits per heavy atom. The second kappa shape index (κ2) is 12.3. The monoisotopic (exact) mass is 606 g/mol. The summed E-state index contributed by atoms with van der Waals surface area (Å²) in [5.74, 6) is -0.811. The van der Waals surface area contributed by atoms with Gasteiger partial charge in [-0.3, -0.25) is 9.89 Å². The highest BCUT2D eigenvalue weighted by Gasteiger charge is 2.23. The number of sulfone groups is 1. The van der Waals surface area contributed by atoms with Gasteiger partial charge in [0.05, 0.1) is 20.9 Å². The number of ether oxygens (including phenoxy) is 1. The fourth-order valence-corrected chi connectivity index (χ4v) is 6.93. The van der Waals surface area contributed by atoms with Gasteiger partial charge in [0.2, 0.25) is 9.84 Å². The van der Waals surface area contributed by atoms with E-state index < -0.39 is 15.7 Å². The van der Waals surface area contributed by atoms with Crippen LogP contribution in [0.1, 0.15) is 29.6 Å². The minimum Gasteiger partial charge on any atom is -0.381 e. The first-order valence-corrected chi connectivity index (χ1v) is 16.0. The molecular weight excluding hydrogens is 571 g/mol. The molecule has 10 nitrogen and oxygen atoms in total. The molecule has 0 aliphatic carbocycles. The fraction of sp³-hybridized carbons (Fsp3) is 0.355. The van der Waals surface area contributed by atoms with Crippen molar-refractivity contribution in [2.75, 3.05) is 62.0 Å². The van der Waals surface area contributed by atoms with Crippen LogP contribution in [0.15, 0.2) is 70.5 Å². The summed E-state index contributed by atoms with van der Waals surface area (Å²) >= 11 is 0. The van der Waals surface area contributed by atoms with Crippen LogP contribution in [0.3, 0.4) is 0 Å². The van der Waals surface area contributed by atoms with Crippen LogP contribution < -0.4 is 15.5 Å². The van der Waals surface area contributed by atoms with Crippen LogP contribution in [-0.2, 0) is 14.6 Å². The average Bonchev–Trinajstić information content (AvgIpc) is 3.27. The van der Waals surface area contributed by atoms with E-state index in [9.17, 15) is 17.6 Å². The van der Waals surface area contributed by atoms with Crippen molar-refractivity contribution in [1.29, 1.82) is 0 Å². The number of rotatable bonds is 7. The van der Waals surface area contributed by atoms with E-state index in [2.05, 4.69) is 37.7 Å². The van der Waals surface area contributed by atoms with Gasteiger partial charge in [-0.2, -0.15) is 5.10 Å². The first kappa shape index (κ1) is 29.1. The highest BCUT2D eigenvalue weighted by Crippen LogP contribution is 2.31. The summed E-state index contributed by atoms with van der Waals surface area (Å²) in [5.41, 5.74) is 2.80. The molecule has 0 spiro atoms. The summed E-state index contributed by atoms with van der Waals surface area (Å²) in [7, 11) is -1.86. The van der Waals surface area contributed by atoms with Crippen LogP contribution in [0, 0.1) is 5.82 Å². The van der Waals surface area contributed by atoms with E-state index in [1.54, 1.807) is 6.07 Å². The lowest BCUT2D eigenvalue weighted by Gasteiger charge is -2.28. The van der Waals surface area contributed by atoms with E-state index >= 15 is 0 Å². The molecule has 43 heavy (non-hydrogen) atoms. The lowest BCUT2D eigenvalue weighted by molar-refractivity contribution is 0.0904. The van der Waals surface area contributed by atoms with E-state index in [0.29, 0.717) is 29.7 Å². The lowest BCUT2D eigenvalue weighted by Crippen LogP contribution is -2.30. The molecule has 226 valence electrons. The second-order valence-corrected chi connectivity index (χ2v) is 13.0. The highest BCUT2D eigenvalue weighted by molar-refractivity contribution is 7.91. The van der Waals surface area contributed by atoms with E-state index in [1.165, 1.54) is 30.3 Å². The van der Waals surface area contributed by atoms with E-state index in [4.69, 9.17) is 4.74 Å². The second-order valence-electron chi connectivity index (χ2n) is 11.1. The van der Waals surface area contributed by atoms with Crippen LogP contribution in [0.5, 0.6) is 0 Å². The third-order valence-corrected chi connectivity index (χ3v) is 9.85. The molecule has 0 radical (unpaired) electrons. The minimum atomic E-state index is -4.00. The van der Waals surface area contributed by atoms with Gasteiger partial charge in [-0.05, 0) is 87.5 Å². The summed E-state index contributed by atoms with van der Waals surface area (Å²) in [6.45, 7) is 5.18. The number of hydrogen-bond acceptors (Lipinski definition) is 8. The van der Waals surface area contributed by atoms with Crippen molar-refractivity contribution in [2.45, 2.75) is 35.1 Å². The Hall–Kier alpha value is -4.00. The van der Waals surface area contributed by atoms with E-state index in [-0.39, 0.29) is 27.6 Å². The topological polar surface area (TPSA) is 120 Å². The maximum absolute atomic E-state index is 13.8. The number of aromatic amines is 1. The fourth-order valence-electron chi connectivity index (χ4n) is 5.61. The number of aromatic nitrogens is 2. The van der Waals surface area contributed by atoms with Crippen molar-refractivity contribution in [3.63, 3.8) is 0 Å². The van der Waals surface area contributed by atoms with Crippen LogP contribution in [-0.4, -0.2) is 81.9 Å². The molecule has 6 rings (SSSR count). The molecule has 0 atom stereocenters. The first-order chi connectivity index (χ1) is 20.8. The molecular formula is C31H35FN6O4S. The third kappa shape index (κ3) is 6.36. The summed E-state index contributed by atoms with van der Waals surface area (Å²) in [4.78, 5) is 18.2. The SMILES string of the molecule is CN1CCCN(c2ccc(C(=O)Nc3n[nH]c4ccc(S(=O)(=O)c5cccc(F)c5)cc34)c(NC3CCOCC3)c2)CC1. The molecule has 3 aromatic carbocycles. The van der Waals surface area contributed by atoms with Gasteiger partial charge in [-0.15, -0.1) is 0 Å². The summed E-state index contributed by atoms with van der Waals surface area (Å²) in [5, 5.41) is 14.0. The Kier molecular flexibility index (Phi) is 8.33. The first-order valence-electron chi connectivity index (χ1n) is 14.5. The van der Waals surface area contributed by atoms with Crippen LogP contribution >= 0.6 is 0 Å². The lowest BCUT2D eigenvalue weighted by atomic mass is 10.1. The molecule has 4 aromatic rings. The number of carbonyl (C=O) groups is 1. The third-order valence-electron chi connectivity index (χ3n) is 8.10. The Labute approximate surface area is 250 Å². The molecule has 1 amide bonds. The molecule has 2 aliphatic rings. The maximum atomic E-state index is 13.8. The van der Waals surface area contributed by atoms with E-state index in [0.717, 1.165) is 62.9 Å². The largest absolute Gasteiger partial charge is 0.381 e. The van der Waals surface area contributed by atoms with Gasteiger partial charge in [0, 0.05) is 55.7 Å². The summed E-state index contributed by atoms with van der Waals surface area (Å²) in [6, 6.07) is 15.3. The number of carbonyl (C=O) groups excluding carboxylic acids is 1. The number of benzene rings is 3. The van der Waals surface area contributed by atoms with Gasteiger partial charge < -0.3 is 25.2 Å². The summed E-state index contributed by atoms with van der Waals surface area (Å²) < 4.78 is 45.8. The van der Waals surface area contributed by atoms with Gasteiger partial charge in [-0.25, -0.2) is 12.8 Å². The van der Waals surface area contributed by atoms with Gasteiger partial charge in [-0.1, -0.05) is 6.07 Å². The van der Waals surface area contributed by atoms with Crippen molar-refractivity contribution in [1.82, 2.24) is 15.1 Å². The Morgan fingerprint density at radius 3 is 2.63 bits per heavy atom. The molecule has 2 aliphatic heterocycles. The minimum absolute atomic E-state index is 0.0307. The quantitative estimate of drug-likeness (QED) is 0.281. The van der Waals surface area contributed by atoms with Crippen LogP contribution in [0.25, 0.3) is 10.9 Å². The van der Waals surface area contributed by atoms with Crippen LogP contribution in [0.4, 0.5) is 21.6 Å². The van der Waals surface area contributed by atoms with Crippen molar-refractivity contribution in [3.8, 4) is 0 Å². The molecule has 2 saturated heterocycles. The predicted molar refractivity (Wildman–Crippen MR) is 164 cm³/mol. The van der Waals surface area contributed by atoms with E-state index in [1.807, 2.05) is 18.2 Å². The zero-order chi connectivity index (χ0) is 30.0. The number of amides is 1. The van der Waals surface area contributed by atoms with Gasteiger partial charge in [0.1, 0.15) is 5.82 Å². The molecule has 0 saturated carbocycles. The van der Waals surface area contributed by atoms with Gasteiger partial charge in [0.15, 0.2) is 5.82 Å². The molecule has 12 heteroatoms. The maximum Gasteiger partial charge on any atom is 0.258 e.